The van der Waals surface area contributed by atoms with Gasteiger partial charge >= 0.3 is 0 Å². The van der Waals surface area contributed by atoms with Gasteiger partial charge in [-0.3, -0.25) is 14.8 Å². The Morgan fingerprint density at radius 2 is 1.58 bits per heavy atom. The quantitative estimate of drug-likeness (QED) is 0.108. The molecule has 0 aliphatic heterocycles. The van der Waals surface area contributed by atoms with Gasteiger partial charge in [-0.1, -0.05) is 59.6 Å². The standard InChI is InChI=1S/C25H23Cl2N7O2/c26-20-9-19(10-21(27)11-20)22-12-23(17-5-3-16(14-35)4-6-17)34(32-22)13-15-1-7-18(8-2-15)24(36)30-25(28)31-33-29/h1-12,33,35H,13-14,29H2,(H3,28,30,31,36). The van der Waals surface area contributed by atoms with Gasteiger partial charge in [-0.05, 0) is 53.1 Å². The van der Waals surface area contributed by atoms with Crippen molar-refractivity contribution in [3.8, 4) is 22.5 Å². The second-order valence-electron chi connectivity index (χ2n) is 7.86. The maximum Gasteiger partial charge on any atom is 0.257 e. The number of halogens is 2. The molecule has 0 aliphatic carbocycles. The summed E-state index contributed by atoms with van der Waals surface area (Å²) >= 11 is 12.4. The van der Waals surface area contributed by atoms with E-state index >= 15 is 0 Å². The van der Waals surface area contributed by atoms with Gasteiger partial charge in [-0.2, -0.15) is 5.10 Å². The van der Waals surface area contributed by atoms with Crippen LogP contribution >= 0.6 is 23.2 Å². The highest BCUT2D eigenvalue weighted by molar-refractivity contribution is 6.35. The molecule has 0 spiro atoms. The predicted molar refractivity (Wildman–Crippen MR) is 141 cm³/mol. The normalized spacial score (nSPS) is 11.4. The van der Waals surface area contributed by atoms with Crippen molar-refractivity contribution in [1.29, 1.82) is 0 Å². The van der Waals surface area contributed by atoms with Crippen LogP contribution in [0.1, 0.15) is 21.5 Å². The van der Waals surface area contributed by atoms with E-state index in [0.29, 0.717) is 27.8 Å². The lowest BCUT2D eigenvalue weighted by Gasteiger charge is -2.09. The number of rotatable bonds is 7. The van der Waals surface area contributed by atoms with Crippen LogP contribution < -0.4 is 22.4 Å². The minimum absolute atomic E-state index is 0.0357. The molecule has 0 saturated heterocycles. The third-order valence-corrected chi connectivity index (χ3v) is 5.78. The number of hydrazine groups is 1. The van der Waals surface area contributed by atoms with Gasteiger partial charge in [0.15, 0.2) is 0 Å². The van der Waals surface area contributed by atoms with E-state index in [0.717, 1.165) is 27.9 Å². The number of hydrogen-bond acceptors (Lipinski definition) is 6. The average molecular weight is 524 g/mol. The molecule has 4 rings (SSSR count). The summed E-state index contributed by atoms with van der Waals surface area (Å²) in [5.74, 6) is 4.50. The van der Waals surface area contributed by atoms with Crippen LogP contribution in [0, 0.1) is 0 Å². The van der Waals surface area contributed by atoms with Gasteiger partial charge in [0.1, 0.15) is 0 Å². The molecular formula is C25H23Cl2N7O2. The highest BCUT2D eigenvalue weighted by Crippen LogP contribution is 2.31. The fourth-order valence-corrected chi connectivity index (χ4v) is 4.14. The number of aliphatic hydroxyl groups excluding tert-OH is 1. The van der Waals surface area contributed by atoms with Gasteiger partial charge < -0.3 is 10.8 Å². The number of nitrogens with zero attached hydrogens (tertiary/aromatic N) is 3. The molecule has 4 aromatic rings. The van der Waals surface area contributed by atoms with Crippen LogP contribution in [0.15, 0.2) is 77.9 Å². The number of aliphatic hydroxyl groups is 1. The number of benzene rings is 3. The van der Waals surface area contributed by atoms with Crippen molar-refractivity contribution in [1.82, 2.24) is 20.6 Å². The first kappa shape index (κ1) is 25.2. The first-order valence-electron chi connectivity index (χ1n) is 10.8. The first-order chi connectivity index (χ1) is 17.4. The number of nitrogens with two attached hydrogens (primary N) is 2. The third kappa shape index (κ3) is 6.02. The smallest absolute Gasteiger partial charge is 0.257 e. The van der Waals surface area contributed by atoms with Gasteiger partial charge in [0.2, 0.25) is 5.96 Å². The number of hydrazone groups is 1. The first-order valence-corrected chi connectivity index (χ1v) is 11.6. The SMILES string of the molecule is NN/N=C(\N)NC(=O)c1ccc(Cn2nc(-c3cc(Cl)cc(Cl)c3)cc2-c2ccc(CO)cc2)cc1. The molecule has 1 aromatic heterocycles. The molecule has 184 valence electrons. The molecular weight excluding hydrogens is 501 g/mol. The maximum absolute atomic E-state index is 12.3. The Labute approximate surface area is 217 Å². The number of guanidine groups is 1. The molecule has 0 aliphatic rings. The predicted octanol–water partition coefficient (Wildman–Crippen LogP) is 3.49. The van der Waals surface area contributed by atoms with Gasteiger partial charge in [0.05, 0.1) is 24.5 Å². The van der Waals surface area contributed by atoms with E-state index in [9.17, 15) is 9.90 Å². The summed E-state index contributed by atoms with van der Waals surface area (Å²) in [7, 11) is 0. The number of nitrogens with one attached hydrogen (secondary N) is 2. The molecule has 0 saturated carbocycles. The molecule has 0 unspecified atom stereocenters. The average Bonchev–Trinajstić information content (AvgIpc) is 3.28. The van der Waals surface area contributed by atoms with Crippen molar-refractivity contribution in [2.75, 3.05) is 0 Å². The summed E-state index contributed by atoms with van der Waals surface area (Å²) in [6, 6.07) is 21.9. The Hall–Kier alpha value is -3.89. The van der Waals surface area contributed by atoms with Crippen LogP contribution in [0.5, 0.6) is 0 Å². The second-order valence-corrected chi connectivity index (χ2v) is 8.74. The van der Waals surface area contributed by atoms with Gasteiger partial charge in [0, 0.05) is 21.2 Å². The molecule has 0 atom stereocenters. The number of carbonyl (C=O) groups is 1. The number of carbonyl (C=O) groups excluding carboxylic acids is 1. The lowest BCUT2D eigenvalue weighted by Crippen LogP contribution is -2.39. The van der Waals surface area contributed by atoms with Crippen LogP contribution in [0.25, 0.3) is 22.5 Å². The summed E-state index contributed by atoms with van der Waals surface area (Å²) in [6.45, 7) is 0.403. The van der Waals surface area contributed by atoms with Crippen molar-refractivity contribution >= 4 is 35.1 Å². The highest BCUT2D eigenvalue weighted by Gasteiger charge is 2.14. The molecule has 0 fully saturated rings. The van der Waals surface area contributed by atoms with Gasteiger partial charge in [-0.15, -0.1) is 5.10 Å². The fraction of sp³-hybridized carbons (Fsp3) is 0.0800. The lowest BCUT2D eigenvalue weighted by molar-refractivity contribution is 0.0976. The zero-order valence-corrected chi connectivity index (χ0v) is 20.5. The van der Waals surface area contributed by atoms with E-state index in [1.54, 1.807) is 30.3 Å². The highest BCUT2D eigenvalue weighted by atomic mass is 35.5. The van der Waals surface area contributed by atoms with Crippen LogP contribution in [-0.4, -0.2) is 26.8 Å². The Balaban J connectivity index is 1.66. The fourth-order valence-electron chi connectivity index (χ4n) is 3.61. The van der Waals surface area contributed by atoms with Crippen molar-refractivity contribution in [3.05, 3.63) is 99.5 Å². The van der Waals surface area contributed by atoms with E-state index in [1.165, 1.54) is 0 Å². The molecule has 1 amide bonds. The topological polar surface area (TPSA) is 144 Å². The van der Waals surface area contributed by atoms with E-state index < -0.39 is 5.91 Å². The summed E-state index contributed by atoms with van der Waals surface area (Å²) in [6.07, 6.45) is 0. The maximum atomic E-state index is 12.3. The van der Waals surface area contributed by atoms with E-state index in [1.807, 2.05) is 52.7 Å². The number of aromatic nitrogens is 2. The minimum Gasteiger partial charge on any atom is -0.392 e. The Bertz CT molecular complexity index is 1380. The Morgan fingerprint density at radius 1 is 0.944 bits per heavy atom. The third-order valence-electron chi connectivity index (χ3n) is 5.35. The summed E-state index contributed by atoms with van der Waals surface area (Å²) in [5, 5.41) is 21.2. The minimum atomic E-state index is -0.415. The number of hydrogen-bond donors (Lipinski definition) is 5. The van der Waals surface area contributed by atoms with Crippen molar-refractivity contribution in [2.24, 2.45) is 16.7 Å². The monoisotopic (exact) mass is 523 g/mol. The lowest BCUT2D eigenvalue weighted by atomic mass is 10.1. The summed E-state index contributed by atoms with van der Waals surface area (Å²) < 4.78 is 1.87. The van der Waals surface area contributed by atoms with Crippen molar-refractivity contribution in [2.45, 2.75) is 13.2 Å². The Kier molecular flexibility index (Phi) is 7.87. The van der Waals surface area contributed by atoms with Crippen LogP contribution in [0.4, 0.5) is 0 Å². The van der Waals surface area contributed by atoms with Gasteiger partial charge in [0.25, 0.3) is 5.91 Å². The van der Waals surface area contributed by atoms with Crippen LogP contribution in [-0.2, 0) is 13.2 Å². The van der Waals surface area contributed by atoms with Crippen LogP contribution in [0.2, 0.25) is 10.0 Å². The molecule has 7 N–H and O–H groups in total. The van der Waals surface area contributed by atoms with Crippen LogP contribution in [0.3, 0.4) is 0 Å². The van der Waals surface area contributed by atoms with Crippen molar-refractivity contribution in [3.63, 3.8) is 0 Å². The zero-order valence-electron chi connectivity index (χ0n) is 19.0. The molecule has 11 heteroatoms. The molecule has 0 radical (unpaired) electrons. The molecule has 3 aromatic carbocycles. The summed E-state index contributed by atoms with van der Waals surface area (Å²) in [5.41, 5.74) is 13.0. The zero-order chi connectivity index (χ0) is 25.7. The largest absolute Gasteiger partial charge is 0.392 e. The van der Waals surface area contributed by atoms with E-state index in [4.69, 9.17) is 39.9 Å². The molecule has 36 heavy (non-hydrogen) atoms. The van der Waals surface area contributed by atoms with E-state index in [-0.39, 0.29) is 12.6 Å². The van der Waals surface area contributed by atoms with E-state index in [2.05, 4.69) is 10.4 Å². The molecule has 1 heterocycles. The van der Waals surface area contributed by atoms with Gasteiger partial charge in [-0.25, -0.2) is 11.4 Å². The Morgan fingerprint density at radius 3 is 2.19 bits per heavy atom. The second kappa shape index (κ2) is 11.2. The summed E-state index contributed by atoms with van der Waals surface area (Å²) in [4.78, 5) is 12.3. The number of amides is 1. The van der Waals surface area contributed by atoms with Crippen molar-refractivity contribution < 1.29 is 9.90 Å². The molecule has 9 nitrogen and oxygen atoms in total. The molecule has 0 bridgehead atoms.